The summed E-state index contributed by atoms with van der Waals surface area (Å²) in [5, 5.41) is 1.59. The summed E-state index contributed by atoms with van der Waals surface area (Å²) < 4.78 is 5.56. The fourth-order valence-corrected chi connectivity index (χ4v) is 4.36. The van der Waals surface area contributed by atoms with E-state index in [4.69, 9.17) is 4.43 Å². The molecule has 0 fully saturated rings. The molecular formula is C11H20OSi. The first-order chi connectivity index (χ1) is 6.07. The Hall–Kier alpha value is -0.343. The predicted octanol–water partition coefficient (Wildman–Crippen LogP) is 2.61. The van der Waals surface area contributed by atoms with E-state index in [0.29, 0.717) is 11.8 Å². The molecule has 0 aromatic heterocycles. The molecule has 0 bridgehead atoms. The van der Waals surface area contributed by atoms with Crippen LogP contribution in [0.25, 0.3) is 0 Å². The average Bonchev–Trinajstić information content (AvgIpc) is 2.46. The van der Waals surface area contributed by atoms with Crippen LogP contribution < -0.4 is 0 Å². The number of hydrogen-bond acceptors (Lipinski definition) is 1. The van der Waals surface area contributed by atoms with Crippen molar-refractivity contribution in [1.29, 1.82) is 0 Å². The van der Waals surface area contributed by atoms with Gasteiger partial charge in [0, 0.05) is 7.11 Å². The highest BCUT2D eigenvalue weighted by molar-refractivity contribution is 6.67. The van der Waals surface area contributed by atoms with E-state index in [-0.39, 0.29) is 0 Å². The summed E-state index contributed by atoms with van der Waals surface area (Å²) in [5.74, 6) is 1.28. The van der Waals surface area contributed by atoms with Crippen molar-refractivity contribution in [2.75, 3.05) is 7.11 Å². The molecule has 1 unspecified atom stereocenters. The van der Waals surface area contributed by atoms with E-state index in [0.717, 1.165) is 0 Å². The van der Waals surface area contributed by atoms with Gasteiger partial charge in [-0.05, 0) is 22.6 Å². The van der Waals surface area contributed by atoms with Gasteiger partial charge in [0.15, 0.2) is 0 Å². The third kappa shape index (κ3) is 2.12. The quantitative estimate of drug-likeness (QED) is 0.631. The summed E-state index contributed by atoms with van der Waals surface area (Å²) in [6.45, 7) is 9.05. The van der Waals surface area contributed by atoms with Gasteiger partial charge >= 0.3 is 0 Å². The molecular weight excluding hydrogens is 176 g/mol. The van der Waals surface area contributed by atoms with E-state index < -0.39 is 9.04 Å². The lowest BCUT2D eigenvalue weighted by atomic mass is 9.99. The van der Waals surface area contributed by atoms with E-state index in [9.17, 15) is 0 Å². The van der Waals surface area contributed by atoms with Crippen LogP contribution in [0.5, 0.6) is 0 Å². The molecule has 0 spiro atoms. The molecule has 0 N–H and O–H groups in total. The van der Waals surface area contributed by atoms with Gasteiger partial charge < -0.3 is 4.43 Å². The highest BCUT2D eigenvalue weighted by Gasteiger charge is 2.25. The number of rotatable bonds is 3. The van der Waals surface area contributed by atoms with Gasteiger partial charge in [-0.15, -0.1) is 0 Å². The molecule has 0 aromatic rings. The Labute approximate surface area is 83.2 Å². The van der Waals surface area contributed by atoms with Gasteiger partial charge in [-0.2, -0.15) is 0 Å². The van der Waals surface area contributed by atoms with Gasteiger partial charge in [-0.1, -0.05) is 39.5 Å². The zero-order chi connectivity index (χ0) is 10.0. The van der Waals surface area contributed by atoms with Gasteiger partial charge in [0.05, 0.1) is 0 Å². The Morgan fingerprint density at radius 1 is 1.15 bits per heavy atom. The Balaban J connectivity index is 2.97. The fraction of sp³-hybridized carbons (Fsp3) is 0.636. The minimum absolute atomic E-state index is 0.640. The fourth-order valence-electron chi connectivity index (χ4n) is 1.95. The van der Waals surface area contributed by atoms with Crippen LogP contribution in [0.3, 0.4) is 0 Å². The van der Waals surface area contributed by atoms with Crippen molar-refractivity contribution < 1.29 is 4.43 Å². The lowest BCUT2D eigenvalue weighted by molar-refractivity contribution is 0.431. The maximum Gasteiger partial charge on any atom is 0.228 e. The topological polar surface area (TPSA) is 9.23 Å². The summed E-state index contributed by atoms with van der Waals surface area (Å²) in [7, 11) is 0.692. The molecule has 0 aliphatic carbocycles. The van der Waals surface area contributed by atoms with E-state index >= 15 is 0 Å². The molecule has 1 atom stereocenters. The third-order valence-electron chi connectivity index (χ3n) is 2.59. The summed E-state index contributed by atoms with van der Waals surface area (Å²) in [6.07, 6.45) is 2.28. The van der Waals surface area contributed by atoms with Crippen LogP contribution >= 0.6 is 0 Å². The summed E-state index contributed by atoms with van der Waals surface area (Å²) in [4.78, 5) is 0. The van der Waals surface area contributed by atoms with Gasteiger partial charge in [-0.25, -0.2) is 0 Å². The van der Waals surface area contributed by atoms with Crippen molar-refractivity contribution in [3.05, 3.63) is 22.5 Å². The number of hydrogen-bond donors (Lipinski definition) is 0. The van der Waals surface area contributed by atoms with Crippen LogP contribution in [-0.4, -0.2) is 16.2 Å². The molecule has 0 aromatic carbocycles. The van der Waals surface area contributed by atoms with Crippen molar-refractivity contribution in [2.24, 2.45) is 11.8 Å². The molecule has 2 heteroatoms. The van der Waals surface area contributed by atoms with Crippen molar-refractivity contribution in [1.82, 2.24) is 0 Å². The molecule has 0 amide bonds. The summed E-state index contributed by atoms with van der Waals surface area (Å²) in [6, 6.07) is 0. The zero-order valence-electron chi connectivity index (χ0n) is 9.29. The third-order valence-corrected chi connectivity index (χ3v) is 5.25. The van der Waals surface area contributed by atoms with Crippen molar-refractivity contribution >= 4 is 9.04 Å². The van der Waals surface area contributed by atoms with Gasteiger partial charge in [-0.3, -0.25) is 0 Å². The van der Waals surface area contributed by atoms with Crippen LogP contribution in [0, 0.1) is 11.8 Å². The highest BCUT2D eigenvalue weighted by Crippen LogP contribution is 2.30. The maximum absolute atomic E-state index is 5.56. The first kappa shape index (κ1) is 10.7. The number of allylic oxidation sites excluding steroid dienone is 3. The van der Waals surface area contributed by atoms with E-state index in [1.807, 2.05) is 7.11 Å². The normalized spacial score (nSPS) is 22.5. The monoisotopic (exact) mass is 196 g/mol. The largest absolute Gasteiger partial charge is 0.415 e. The molecule has 1 aliphatic rings. The van der Waals surface area contributed by atoms with Gasteiger partial charge in [0.1, 0.15) is 0 Å². The second kappa shape index (κ2) is 4.25. The van der Waals surface area contributed by atoms with E-state index in [2.05, 4.69) is 39.5 Å². The second-order valence-electron chi connectivity index (χ2n) is 4.24. The Bertz CT molecular complexity index is 238. The van der Waals surface area contributed by atoms with Crippen LogP contribution in [-0.2, 0) is 4.43 Å². The summed E-state index contributed by atoms with van der Waals surface area (Å²) in [5.41, 5.74) is 3.82. The van der Waals surface area contributed by atoms with Crippen molar-refractivity contribution in [2.45, 2.75) is 27.7 Å². The molecule has 1 nitrogen and oxygen atoms in total. The molecule has 1 aliphatic heterocycles. The molecule has 0 saturated carbocycles. The predicted molar refractivity (Wildman–Crippen MR) is 60.0 cm³/mol. The minimum Gasteiger partial charge on any atom is -0.415 e. The molecule has 1 rings (SSSR count). The lowest BCUT2D eigenvalue weighted by Gasteiger charge is -2.18. The van der Waals surface area contributed by atoms with Crippen LogP contribution in [0.15, 0.2) is 22.5 Å². The smallest absolute Gasteiger partial charge is 0.228 e. The molecule has 0 radical (unpaired) electrons. The first-order valence-corrected chi connectivity index (χ1v) is 6.74. The van der Waals surface area contributed by atoms with Gasteiger partial charge in [0.2, 0.25) is 9.04 Å². The van der Waals surface area contributed by atoms with Crippen molar-refractivity contribution in [3.8, 4) is 0 Å². The van der Waals surface area contributed by atoms with E-state index in [1.165, 1.54) is 5.57 Å². The Kier molecular flexibility index (Phi) is 3.51. The summed E-state index contributed by atoms with van der Waals surface area (Å²) >= 11 is 0. The molecule has 0 saturated heterocycles. The highest BCUT2D eigenvalue weighted by atomic mass is 28.3. The Morgan fingerprint density at radius 3 is 2.15 bits per heavy atom. The average molecular weight is 196 g/mol. The molecule has 13 heavy (non-hydrogen) atoms. The van der Waals surface area contributed by atoms with Crippen LogP contribution in [0.1, 0.15) is 27.7 Å². The second-order valence-corrected chi connectivity index (χ2v) is 6.56. The first-order valence-electron chi connectivity index (χ1n) is 5.02. The maximum atomic E-state index is 5.56. The standard InChI is InChI=1S/C11H20OSi/c1-8(2)10-6-7-13(12-5)11(10)9(3)4/h6-9,13H,1-5H3. The van der Waals surface area contributed by atoms with E-state index in [1.54, 1.807) is 5.20 Å². The molecule has 74 valence electrons. The zero-order valence-corrected chi connectivity index (χ0v) is 10.4. The minimum atomic E-state index is -1.15. The van der Waals surface area contributed by atoms with Crippen LogP contribution in [0.2, 0.25) is 0 Å². The molecule has 1 heterocycles. The lowest BCUT2D eigenvalue weighted by Crippen LogP contribution is -2.19. The van der Waals surface area contributed by atoms with Crippen molar-refractivity contribution in [3.63, 3.8) is 0 Å². The van der Waals surface area contributed by atoms with Gasteiger partial charge in [0.25, 0.3) is 0 Å². The SMILES string of the molecule is CO[SiH]1C=CC(C(C)C)=C1C(C)C. The Morgan fingerprint density at radius 2 is 1.77 bits per heavy atom. The van der Waals surface area contributed by atoms with Crippen LogP contribution in [0.4, 0.5) is 0 Å².